The van der Waals surface area contributed by atoms with E-state index in [4.69, 9.17) is 0 Å². The predicted molar refractivity (Wildman–Crippen MR) is 87.4 cm³/mol. The van der Waals surface area contributed by atoms with Crippen molar-refractivity contribution in [1.82, 2.24) is 19.1 Å². The van der Waals surface area contributed by atoms with Crippen LogP contribution in [0.1, 0.15) is 24.0 Å². The molecule has 0 aliphatic carbocycles. The lowest BCUT2D eigenvalue weighted by molar-refractivity contribution is 0.239. The number of sulfonamides is 1. The number of benzene rings is 1. The maximum atomic E-state index is 13.0. The van der Waals surface area contributed by atoms with Crippen LogP contribution in [-0.2, 0) is 16.6 Å². The summed E-state index contributed by atoms with van der Waals surface area (Å²) in [7, 11) is -3.67. The summed E-state index contributed by atoms with van der Waals surface area (Å²) in [4.78, 5) is 4.02. The van der Waals surface area contributed by atoms with Crippen molar-refractivity contribution >= 4 is 10.0 Å². The monoisotopic (exact) mass is 345 g/mol. The highest BCUT2D eigenvalue weighted by Crippen LogP contribution is 2.27. The van der Waals surface area contributed by atoms with Crippen LogP contribution in [0.4, 0.5) is 0 Å². The molecule has 1 unspecified atom stereocenters. The second kappa shape index (κ2) is 6.71. The third kappa shape index (κ3) is 3.18. The number of nitrogens with zero attached hydrogens (tertiary/aromatic N) is 5. The van der Waals surface area contributed by atoms with Crippen LogP contribution in [0.25, 0.3) is 0 Å². The molecule has 1 aliphatic rings. The lowest BCUT2D eigenvalue weighted by Gasteiger charge is -2.32. The third-order valence-electron chi connectivity index (χ3n) is 4.36. The average Bonchev–Trinajstić information content (AvgIpc) is 3.08. The molecule has 0 saturated carbocycles. The van der Waals surface area contributed by atoms with Gasteiger partial charge in [-0.2, -0.15) is 14.7 Å². The van der Waals surface area contributed by atoms with Gasteiger partial charge in [0.1, 0.15) is 23.6 Å². The van der Waals surface area contributed by atoms with Crippen LogP contribution in [0, 0.1) is 24.2 Å². The second-order valence-corrected chi connectivity index (χ2v) is 7.96. The maximum absolute atomic E-state index is 13.0. The van der Waals surface area contributed by atoms with Gasteiger partial charge in [-0.25, -0.2) is 13.4 Å². The van der Waals surface area contributed by atoms with Gasteiger partial charge in [0.15, 0.2) is 0 Å². The summed E-state index contributed by atoms with van der Waals surface area (Å²) < 4.78 is 29.2. The Labute approximate surface area is 141 Å². The fraction of sp³-hybridized carbons (Fsp3) is 0.438. The zero-order valence-corrected chi connectivity index (χ0v) is 14.3. The summed E-state index contributed by atoms with van der Waals surface area (Å²) in [5, 5.41) is 13.4. The Morgan fingerprint density at radius 2 is 2.25 bits per heavy atom. The number of hydrogen-bond acceptors (Lipinski definition) is 5. The zero-order valence-electron chi connectivity index (χ0n) is 13.5. The molecular formula is C16H19N5O2S. The number of hydrogen-bond donors (Lipinski definition) is 0. The molecule has 8 heteroatoms. The lowest BCUT2D eigenvalue weighted by atomic mass is 10.00. The van der Waals surface area contributed by atoms with Crippen molar-refractivity contribution < 1.29 is 8.42 Å². The van der Waals surface area contributed by atoms with Crippen molar-refractivity contribution in [2.24, 2.45) is 5.92 Å². The minimum absolute atomic E-state index is 0.103. The molecule has 0 radical (unpaired) electrons. The summed E-state index contributed by atoms with van der Waals surface area (Å²) in [6, 6.07) is 6.98. The molecule has 24 heavy (non-hydrogen) atoms. The van der Waals surface area contributed by atoms with E-state index in [2.05, 4.69) is 10.1 Å². The van der Waals surface area contributed by atoms with Gasteiger partial charge in [-0.15, -0.1) is 0 Å². The number of aryl methyl sites for hydroxylation is 1. The number of nitriles is 1. The minimum atomic E-state index is -3.67. The fourth-order valence-electron chi connectivity index (χ4n) is 3.12. The van der Waals surface area contributed by atoms with Crippen molar-refractivity contribution in [3.8, 4) is 6.07 Å². The van der Waals surface area contributed by atoms with E-state index >= 15 is 0 Å². The minimum Gasteiger partial charge on any atom is -0.253 e. The van der Waals surface area contributed by atoms with Crippen molar-refractivity contribution in [3.05, 3.63) is 42.0 Å². The molecule has 2 aromatic rings. The topological polar surface area (TPSA) is 91.9 Å². The molecule has 126 valence electrons. The van der Waals surface area contributed by atoms with Gasteiger partial charge in [0.05, 0.1) is 5.56 Å². The first kappa shape index (κ1) is 16.6. The van der Waals surface area contributed by atoms with E-state index in [1.807, 2.05) is 6.07 Å². The van der Waals surface area contributed by atoms with Gasteiger partial charge in [-0.1, -0.05) is 12.1 Å². The molecule has 0 amide bonds. The Morgan fingerprint density at radius 1 is 1.42 bits per heavy atom. The van der Waals surface area contributed by atoms with Crippen LogP contribution in [-0.4, -0.2) is 40.6 Å². The van der Waals surface area contributed by atoms with E-state index in [0.29, 0.717) is 25.2 Å². The van der Waals surface area contributed by atoms with E-state index in [1.165, 1.54) is 16.7 Å². The van der Waals surface area contributed by atoms with Gasteiger partial charge in [-0.05, 0) is 37.3 Å². The maximum Gasteiger partial charge on any atom is 0.244 e. The second-order valence-electron chi connectivity index (χ2n) is 6.05. The molecule has 0 spiro atoms. The fourth-order valence-corrected chi connectivity index (χ4v) is 4.89. The Balaban J connectivity index is 1.85. The Kier molecular flexibility index (Phi) is 4.64. The van der Waals surface area contributed by atoms with Gasteiger partial charge >= 0.3 is 0 Å². The van der Waals surface area contributed by atoms with Crippen molar-refractivity contribution in [2.75, 3.05) is 13.1 Å². The third-order valence-corrected chi connectivity index (χ3v) is 6.27. The molecule has 1 aliphatic heterocycles. The zero-order chi connectivity index (χ0) is 17.2. The highest BCUT2D eigenvalue weighted by Gasteiger charge is 2.32. The molecule has 1 fully saturated rings. The molecular weight excluding hydrogens is 326 g/mol. The van der Waals surface area contributed by atoms with Crippen LogP contribution in [0.15, 0.2) is 35.7 Å². The summed E-state index contributed by atoms with van der Waals surface area (Å²) in [6.45, 7) is 3.31. The van der Waals surface area contributed by atoms with Crippen LogP contribution >= 0.6 is 0 Å². The van der Waals surface area contributed by atoms with Crippen LogP contribution < -0.4 is 0 Å². The molecule has 3 rings (SSSR count). The van der Waals surface area contributed by atoms with Crippen molar-refractivity contribution in [2.45, 2.75) is 31.2 Å². The molecule has 2 heterocycles. The Bertz CT molecular complexity index is 855. The van der Waals surface area contributed by atoms with Crippen molar-refractivity contribution in [3.63, 3.8) is 0 Å². The van der Waals surface area contributed by atoms with Gasteiger partial charge in [0, 0.05) is 19.6 Å². The van der Waals surface area contributed by atoms with Gasteiger partial charge < -0.3 is 0 Å². The summed E-state index contributed by atoms with van der Waals surface area (Å²) in [5.74, 6) is 0.186. The summed E-state index contributed by atoms with van der Waals surface area (Å²) >= 11 is 0. The van der Waals surface area contributed by atoms with Crippen LogP contribution in [0.2, 0.25) is 0 Å². The standard InChI is InChI=1S/C16H19N5O2S/c1-13-4-2-6-16(15(13)8-17)24(22,23)21-7-3-5-14(10-21)9-20-12-18-11-19-20/h2,4,6,11-12,14H,3,5,7,9-10H2,1H3. The highest BCUT2D eigenvalue weighted by atomic mass is 32.2. The van der Waals surface area contributed by atoms with Gasteiger partial charge in [0.2, 0.25) is 10.0 Å². The first-order valence-corrected chi connectivity index (χ1v) is 9.28. The first-order valence-electron chi connectivity index (χ1n) is 7.84. The van der Waals surface area contributed by atoms with Gasteiger partial charge in [0.25, 0.3) is 0 Å². The summed E-state index contributed by atoms with van der Waals surface area (Å²) in [5.41, 5.74) is 0.908. The number of piperidine rings is 1. The molecule has 7 nitrogen and oxygen atoms in total. The van der Waals surface area contributed by atoms with E-state index in [-0.39, 0.29) is 16.4 Å². The quantitative estimate of drug-likeness (QED) is 0.838. The predicted octanol–water partition coefficient (Wildman–Crippen LogP) is 1.56. The molecule has 1 atom stereocenters. The smallest absolute Gasteiger partial charge is 0.244 e. The average molecular weight is 345 g/mol. The number of rotatable bonds is 4. The first-order chi connectivity index (χ1) is 11.5. The Morgan fingerprint density at radius 3 is 2.96 bits per heavy atom. The van der Waals surface area contributed by atoms with Crippen molar-refractivity contribution in [1.29, 1.82) is 5.26 Å². The van der Waals surface area contributed by atoms with Crippen LogP contribution in [0.5, 0.6) is 0 Å². The molecule has 1 aromatic heterocycles. The summed E-state index contributed by atoms with van der Waals surface area (Å²) in [6.07, 6.45) is 4.86. The lowest BCUT2D eigenvalue weighted by Crippen LogP contribution is -2.41. The highest BCUT2D eigenvalue weighted by molar-refractivity contribution is 7.89. The van der Waals surface area contributed by atoms with Crippen LogP contribution in [0.3, 0.4) is 0 Å². The number of aromatic nitrogens is 3. The van der Waals surface area contributed by atoms with E-state index in [1.54, 1.807) is 30.1 Å². The molecule has 1 aromatic carbocycles. The van der Waals surface area contributed by atoms with E-state index in [9.17, 15) is 13.7 Å². The van der Waals surface area contributed by atoms with E-state index < -0.39 is 10.0 Å². The molecule has 0 N–H and O–H groups in total. The SMILES string of the molecule is Cc1cccc(S(=O)(=O)N2CCCC(Cn3cncn3)C2)c1C#N. The molecule has 0 bridgehead atoms. The molecule has 1 saturated heterocycles. The largest absolute Gasteiger partial charge is 0.253 e. The normalized spacial score (nSPS) is 19.1. The van der Waals surface area contributed by atoms with E-state index in [0.717, 1.165) is 12.8 Å². The van der Waals surface area contributed by atoms with Gasteiger partial charge in [-0.3, -0.25) is 4.68 Å². The Hall–Kier alpha value is -2.24.